The summed E-state index contributed by atoms with van der Waals surface area (Å²) >= 11 is 5.82. The van der Waals surface area contributed by atoms with E-state index < -0.39 is 0 Å². The molecule has 0 aliphatic rings. The molecule has 0 unspecified atom stereocenters. The molecule has 1 aromatic heterocycles. The summed E-state index contributed by atoms with van der Waals surface area (Å²) in [5, 5.41) is 3.22. The molecule has 0 spiro atoms. The van der Waals surface area contributed by atoms with Gasteiger partial charge in [-0.15, -0.1) is 0 Å². The third-order valence-electron chi connectivity index (χ3n) is 2.36. The maximum atomic E-state index is 12.0. The second kappa shape index (κ2) is 6.20. The van der Waals surface area contributed by atoms with E-state index in [-0.39, 0.29) is 11.6 Å². The molecule has 0 atom stereocenters. The van der Waals surface area contributed by atoms with Crippen LogP contribution in [0.5, 0.6) is 5.75 Å². The number of anilines is 1. The van der Waals surface area contributed by atoms with Crippen LogP contribution in [0.25, 0.3) is 0 Å². The molecule has 98 valence electrons. The van der Waals surface area contributed by atoms with Gasteiger partial charge in [0.2, 0.25) is 0 Å². The van der Waals surface area contributed by atoms with Gasteiger partial charge in [0.05, 0.1) is 6.61 Å². The van der Waals surface area contributed by atoms with Gasteiger partial charge < -0.3 is 10.1 Å². The van der Waals surface area contributed by atoms with Gasteiger partial charge in [-0.2, -0.15) is 0 Å². The van der Waals surface area contributed by atoms with E-state index in [1.807, 2.05) is 19.1 Å². The summed E-state index contributed by atoms with van der Waals surface area (Å²) in [4.78, 5) is 15.9. The van der Waals surface area contributed by atoms with Crippen molar-refractivity contribution < 1.29 is 9.53 Å². The topological polar surface area (TPSA) is 51.2 Å². The zero-order chi connectivity index (χ0) is 13.7. The SMILES string of the molecule is CCOc1cccc(NC(=O)c2cc(Cl)ccn2)c1. The van der Waals surface area contributed by atoms with Crippen LogP contribution in [0.1, 0.15) is 17.4 Å². The van der Waals surface area contributed by atoms with E-state index in [0.717, 1.165) is 0 Å². The zero-order valence-corrected chi connectivity index (χ0v) is 11.1. The maximum absolute atomic E-state index is 12.0. The third kappa shape index (κ3) is 3.69. The van der Waals surface area contributed by atoms with Crippen LogP contribution in [-0.2, 0) is 0 Å². The first-order valence-corrected chi connectivity index (χ1v) is 6.22. The van der Waals surface area contributed by atoms with Crippen molar-refractivity contribution in [1.82, 2.24) is 4.98 Å². The first-order chi connectivity index (χ1) is 9.19. The van der Waals surface area contributed by atoms with Crippen molar-refractivity contribution in [3.05, 3.63) is 53.3 Å². The number of carbonyl (C=O) groups is 1. The van der Waals surface area contributed by atoms with E-state index in [4.69, 9.17) is 16.3 Å². The summed E-state index contributed by atoms with van der Waals surface area (Å²) in [7, 11) is 0. The number of rotatable bonds is 4. The Kier molecular flexibility index (Phi) is 4.36. The Labute approximate surface area is 116 Å². The van der Waals surface area contributed by atoms with Crippen LogP contribution in [0.3, 0.4) is 0 Å². The number of nitrogens with zero attached hydrogens (tertiary/aromatic N) is 1. The largest absolute Gasteiger partial charge is 0.494 e. The lowest BCUT2D eigenvalue weighted by Crippen LogP contribution is -2.13. The fourth-order valence-corrected chi connectivity index (χ4v) is 1.71. The van der Waals surface area contributed by atoms with Gasteiger partial charge in [-0.1, -0.05) is 17.7 Å². The Balaban J connectivity index is 2.12. The lowest BCUT2D eigenvalue weighted by molar-refractivity contribution is 0.102. The number of ether oxygens (including phenoxy) is 1. The van der Waals surface area contributed by atoms with Crippen LogP contribution in [0.2, 0.25) is 5.02 Å². The predicted molar refractivity (Wildman–Crippen MR) is 74.8 cm³/mol. The molecule has 0 fully saturated rings. The van der Waals surface area contributed by atoms with Gasteiger partial charge in [-0.3, -0.25) is 9.78 Å². The molecule has 4 nitrogen and oxygen atoms in total. The van der Waals surface area contributed by atoms with Crippen LogP contribution in [0.4, 0.5) is 5.69 Å². The van der Waals surface area contributed by atoms with Gasteiger partial charge in [-0.25, -0.2) is 0 Å². The molecular formula is C14H13ClN2O2. The fraction of sp³-hybridized carbons (Fsp3) is 0.143. The number of hydrogen-bond donors (Lipinski definition) is 1. The number of carbonyl (C=O) groups excluding carboxylic acids is 1. The number of amides is 1. The summed E-state index contributed by atoms with van der Waals surface area (Å²) in [5.41, 5.74) is 0.923. The fourth-order valence-electron chi connectivity index (χ4n) is 1.55. The van der Waals surface area contributed by atoms with Gasteiger partial charge in [0.15, 0.2) is 0 Å². The molecular weight excluding hydrogens is 264 g/mol. The molecule has 0 aliphatic heterocycles. The number of aromatic nitrogens is 1. The number of halogens is 1. The first kappa shape index (κ1) is 13.4. The Morgan fingerprint density at radius 1 is 1.37 bits per heavy atom. The highest BCUT2D eigenvalue weighted by atomic mass is 35.5. The van der Waals surface area contributed by atoms with E-state index in [1.165, 1.54) is 12.3 Å². The summed E-state index contributed by atoms with van der Waals surface area (Å²) in [6.07, 6.45) is 1.49. The highest BCUT2D eigenvalue weighted by Crippen LogP contribution is 2.18. The lowest BCUT2D eigenvalue weighted by atomic mass is 10.2. The average molecular weight is 277 g/mol. The van der Waals surface area contributed by atoms with Crippen LogP contribution in [0, 0.1) is 0 Å². The molecule has 5 heteroatoms. The Bertz CT molecular complexity index is 587. The second-order valence-corrected chi connectivity index (χ2v) is 4.21. The molecule has 1 aromatic carbocycles. The monoisotopic (exact) mass is 276 g/mol. The van der Waals surface area contributed by atoms with Crippen molar-refractivity contribution in [2.75, 3.05) is 11.9 Å². The molecule has 2 aromatic rings. The van der Waals surface area contributed by atoms with Gasteiger partial charge >= 0.3 is 0 Å². The smallest absolute Gasteiger partial charge is 0.274 e. The number of pyridine rings is 1. The number of benzene rings is 1. The number of hydrogen-bond acceptors (Lipinski definition) is 3. The van der Waals surface area contributed by atoms with Gasteiger partial charge in [0.25, 0.3) is 5.91 Å². The number of nitrogens with one attached hydrogen (secondary N) is 1. The first-order valence-electron chi connectivity index (χ1n) is 5.85. The van der Waals surface area contributed by atoms with Crippen LogP contribution in [-0.4, -0.2) is 17.5 Å². The van der Waals surface area contributed by atoms with Crippen LogP contribution in [0.15, 0.2) is 42.6 Å². The van der Waals surface area contributed by atoms with Crippen molar-refractivity contribution in [2.24, 2.45) is 0 Å². The summed E-state index contributed by atoms with van der Waals surface area (Å²) in [6, 6.07) is 10.3. The predicted octanol–water partition coefficient (Wildman–Crippen LogP) is 3.39. The molecule has 0 radical (unpaired) electrons. The molecule has 2 rings (SSSR count). The standard InChI is InChI=1S/C14H13ClN2O2/c1-2-19-12-5-3-4-11(9-12)17-14(18)13-8-10(15)6-7-16-13/h3-9H,2H2,1H3,(H,17,18). The molecule has 0 bridgehead atoms. The van der Waals surface area contributed by atoms with Crippen molar-refractivity contribution in [1.29, 1.82) is 0 Å². The van der Waals surface area contributed by atoms with E-state index in [1.54, 1.807) is 18.2 Å². The Morgan fingerprint density at radius 3 is 2.95 bits per heavy atom. The minimum absolute atomic E-state index is 0.273. The van der Waals surface area contributed by atoms with Crippen molar-refractivity contribution in [3.8, 4) is 5.75 Å². The van der Waals surface area contributed by atoms with Gasteiger partial charge in [0, 0.05) is 23.0 Å². The molecule has 19 heavy (non-hydrogen) atoms. The van der Waals surface area contributed by atoms with E-state index in [2.05, 4.69) is 10.3 Å². The zero-order valence-electron chi connectivity index (χ0n) is 10.4. The van der Waals surface area contributed by atoms with E-state index in [0.29, 0.717) is 23.1 Å². The summed E-state index contributed by atoms with van der Waals surface area (Å²) < 4.78 is 5.36. The van der Waals surface area contributed by atoms with Crippen LogP contribution < -0.4 is 10.1 Å². The normalized spacial score (nSPS) is 10.0. The maximum Gasteiger partial charge on any atom is 0.274 e. The third-order valence-corrected chi connectivity index (χ3v) is 2.59. The van der Waals surface area contributed by atoms with E-state index >= 15 is 0 Å². The lowest BCUT2D eigenvalue weighted by Gasteiger charge is -2.07. The molecule has 1 amide bonds. The molecule has 0 saturated heterocycles. The Morgan fingerprint density at radius 2 is 2.21 bits per heavy atom. The van der Waals surface area contributed by atoms with Gasteiger partial charge in [0.1, 0.15) is 11.4 Å². The molecule has 0 aliphatic carbocycles. The summed E-state index contributed by atoms with van der Waals surface area (Å²) in [6.45, 7) is 2.48. The summed E-state index contributed by atoms with van der Waals surface area (Å²) in [5.74, 6) is 0.399. The van der Waals surface area contributed by atoms with Crippen LogP contribution >= 0.6 is 11.6 Å². The van der Waals surface area contributed by atoms with Crippen molar-refractivity contribution >= 4 is 23.2 Å². The van der Waals surface area contributed by atoms with Gasteiger partial charge in [-0.05, 0) is 31.2 Å². The van der Waals surface area contributed by atoms with Crippen molar-refractivity contribution in [2.45, 2.75) is 6.92 Å². The molecule has 0 saturated carbocycles. The average Bonchev–Trinajstić information content (AvgIpc) is 2.39. The highest BCUT2D eigenvalue weighted by molar-refractivity contribution is 6.30. The quantitative estimate of drug-likeness (QED) is 0.931. The van der Waals surface area contributed by atoms with Crippen molar-refractivity contribution in [3.63, 3.8) is 0 Å². The Hall–Kier alpha value is -2.07. The highest BCUT2D eigenvalue weighted by Gasteiger charge is 2.08. The second-order valence-electron chi connectivity index (χ2n) is 3.77. The molecule has 1 heterocycles. The van der Waals surface area contributed by atoms with E-state index in [9.17, 15) is 4.79 Å². The minimum atomic E-state index is -0.309. The molecule has 1 N–H and O–H groups in total. The minimum Gasteiger partial charge on any atom is -0.494 e.